The number of fused-ring (bicyclic) bond motifs is 4. The molecule has 0 spiro atoms. The number of methoxy groups -OCH3 is 1. The van der Waals surface area contributed by atoms with Crippen LogP contribution >= 0.6 is 11.3 Å². The number of nitrogens with zero attached hydrogens (tertiary/aromatic N) is 6. The van der Waals surface area contributed by atoms with E-state index in [1.165, 1.54) is 40.2 Å². The van der Waals surface area contributed by atoms with Crippen LogP contribution in [-0.4, -0.2) is 48.9 Å². The predicted octanol–water partition coefficient (Wildman–Crippen LogP) is 4.66. The van der Waals surface area contributed by atoms with Crippen molar-refractivity contribution in [3.63, 3.8) is 0 Å². The first-order valence-electron chi connectivity index (χ1n) is 10.9. The van der Waals surface area contributed by atoms with Gasteiger partial charge in [0.25, 0.3) is 6.43 Å². The number of rotatable bonds is 4. The lowest BCUT2D eigenvalue weighted by Crippen LogP contribution is -2.31. The van der Waals surface area contributed by atoms with Gasteiger partial charge in [-0.05, 0) is 24.5 Å². The Morgan fingerprint density at radius 2 is 2.09 bits per heavy atom. The number of ether oxygens (including phenoxy) is 1. The molecule has 1 aromatic carbocycles. The molecule has 12 heteroatoms. The average Bonchev–Trinajstić information content (AvgIpc) is 3.57. The SMILES string of the molecule is COC(=O)c1sc2ncn3nc(-c4cnn5c4N[C@@H](c4ccccc4)C[C@H]5C(F)F)nc3c2c1C. The number of aromatic nitrogens is 6. The molecule has 0 unspecified atom stereocenters. The van der Waals surface area contributed by atoms with Gasteiger partial charge in [-0.1, -0.05) is 30.3 Å². The van der Waals surface area contributed by atoms with Gasteiger partial charge in [0.1, 0.15) is 27.9 Å². The number of alkyl halides is 2. The second-order valence-corrected chi connectivity index (χ2v) is 9.27. The van der Waals surface area contributed by atoms with E-state index in [-0.39, 0.29) is 12.5 Å². The van der Waals surface area contributed by atoms with E-state index in [1.54, 1.807) is 0 Å². The molecule has 178 valence electrons. The van der Waals surface area contributed by atoms with E-state index in [0.29, 0.717) is 43.5 Å². The molecule has 0 saturated carbocycles. The van der Waals surface area contributed by atoms with E-state index in [0.717, 1.165) is 5.56 Å². The Balaban J connectivity index is 1.48. The van der Waals surface area contributed by atoms with Gasteiger partial charge in [0.2, 0.25) is 0 Å². The Morgan fingerprint density at radius 3 is 2.83 bits per heavy atom. The fourth-order valence-corrected chi connectivity index (χ4v) is 5.60. The summed E-state index contributed by atoms with van der Waals surface area (Å²) in [7, 11) is 1.33. The van der Waals surface area contributed by atoms with Crippen molar-refractivity contribution >= 4 is 39.0 Å². The third-order valence-electron chi connectivity index (χ3n) is 6.27. The third kappa shape index (κ3) is 3.35. The fraction of sp³-hybridized carbons (Fsp3) is 0.261. The molecule has 5 aromatic rings. The highest BCUT2D eigenvalue weighted by atomic mass is 32.1. The van der Waals surface area contributed by atoms with E-state index in [1.807, 2.05) is 37.3 Å². The number of halogens is 2. The number of hydrogen-bond donors (Lipinski definition) is 1. The summed E-state index contributed by atoms with van der Waals surface area (Å²) in [5.74, 6) is 0.316. The number of hydrogen-bond acceptors (Lipinski definition) is 8. The fourth-order valence-electron chi connectivity index (χ4n) is 4.54. The lowest BCUT2D eigenvalue weighted by molar-refractivity contribution is 0.0605. The maximum absolute atomic E-state index is 14.0. The number of carbonyl (C=O) groups is 1. The van der Waals surface area contributed by atoms with Crippen LogP contribution in [0.15, 0.2) is 42.9 Å². The first kappa shape index (κ1) is 21.6. The first-order valence-corrected chi connectivity index (χ1v) is 11.7. The number of benzene rings is 1. The van der Waals surface area contributed by atoms with Crippen molar-refractivity contribution in [3.8, 4) is 11.4 Å². The highest BCUT2D eigenvalue weighted by Crippen LogP contribution is 2.42. The van der Waals surface area contributed by atoms with E-state index < -0.39 is 18.4 Å². The van der Waals surface area contributed by atoms with E-state index in [9.17, 15) is 13.6 Å². The highest BCUT2D eigenvalue weighted by molar-refractivity contribution is 7.20. The quantitative estimate of drug-likeness (QED) is 0.362. The van der Waals surface area contributed by atoms with Gasteiger partial charge in [-0.3, -0.25) is 0 Å². The van der Waals surface area contributed by atoms with Crippen LogP contribution in [0.2, 0.25) is 0 Å². The molecule has 9 nitrogen and oxygen atoms in total. The molecule has 4 aromatic heterocycles. The molecule has 6 rings (SSSR count). The van der Waals surface area contributed by atoms with Crippen molar-refractivity contribution in [2.75, 3.05) is 12.4 Å². The summed E-state index contributed by atoms with van der Waals surface area (Å²) >= 11 is 1.22. The average molecular weight is 496 g/mol. The Bertz CT molecular complexity index is 1580. The van der Waals surface area contributed by atoms with E-state index >= 15 is 0 Å². The van der Waals surface area contributed by atoms with Crippen LogP contribution in [0.4, 0.5) is 14.6 Å². The zero-order valence-corrected chi connectivity index (χ0v) is 19.5. The summed E-state index contributed by atoms with van der Waals surface area (Å²) in [4.78, 5) is 22.4. The summed E-state index contributed by atoms with van der Waals surface area (Å²) in [6.45, 7) is 1.81. The van der Waals surface area contributed by atoms with Crippen molar-refractivity contribution in [1.82, 2.24) is 29.4 Å². The minimum Gasteiger partial charge on any atom is -0.465 e. The number of carbonyl (C=O) groups excluding carboxylic acids is 1. The standard InChI is InChI=1S/C23H19F2N7O2S/c1-11-16-21-29-19(30-31(21)10-26-22(16)35-17(11)23(33)34-2)13-9-27-32-15(18(24)25)8-14(28-20(13)32)12-6-4-3-5-7-12/h3-7,9-10,14-15,18,28H,8H2,1-2H3/t14-,15+/m1/s1. The first-order chi connectivity index (χ1) is 17.0. The van der Waals surface area contributed by atoms with Crippen molar-refractivity contribution in [3.05, 3.63) is 58.9 Å². The Labute approximate surface area is 201 Å². The summed E-state index contributed by atoms with van der Waals surface area (Å²) in [6, 6.07) is 8.08. The molecule has 1 aliphatic rings. The maximum Gasteiger partial charge on any atom is 0.348 e. The smallest absolute Gasteiger partial charge is 0.348 e. The monoisotopic (exact) mass is 495 g/mol. The van der Waals surface area contributed by atoms with Gasteiger partial charge in [0, 0.05) is 0 Å². The second kappa shape index (κ2) is 8.08. The van der Waals surface area contributed by atoms with Crippen LogP contribution in [-0.2, 0) is 4.74 Å². The minimum atomic E-state index is -2.59. The summed E-state index contributed by atoms with van der Waals surface area (Å²) in [6.07, 6.45) is 0.634. The predicted molar refractivity (Wildman–Crippen MR) is 126 cm³/mol. The van der Waals surface area contributed by atoms with Crippen molar-refractivity contribution in [2.45, 2.75) is 31.9 Å². The number of nitrogens with one attached hydrogen (secondary N) is 1. The van der Waals surface area contributed by atoms with E-state index in [4.69, 9.17) is 9.72 Å². The molecule has 1 aliphatic heterocycles. The zero-order valence-electron chi connectivity index (χ0n) is 18.6. The number of esters is 1. The van der Waals surface area contributed by atoms with Crippen LogP contribution in [0.25, 0.3) is 27.3 Å². The highest BCUT2D eigenvalue weighted by Gasteiger charge is 2.36. The molecule has 0 aliphatic carbocycles. The molecular weight excluding hydrogens is 476 g/mol. The van der Waals surface area contributed by atoms with Crippen LogP contribution in [0.5, 0.6) is 0 Å². The lowest BCUT2D eigenvalue weighted by atomic mass is 9.97. The third-order valence-corrected chi connectivity index (χ3v) is 7.45. The normalized spacial score (nSPS) is 17.6. The molecule has 1 N–H and O–H groups in total. The van der Waals surface area contributed by atoms with Gasteiger partial charge in [0.15, 0.2) is 11.5 Å². The maximum atomic E-state index is 14.0. The number of thiophene rings is 1. The van der Waals surface area contributed by atoms with Gasteiger partial charge in [-0.25, -0.2) is 32.7 Å². The Morgan fingerprint density at radius 1 is 1.29 bits per heavy atom. The zero-order chi connectivity index (χ0) is 24.3. The molecule has 0 bridgehead atoms. The molecular formula is C23H19F2N7O2S. The van der Waals surface area contributed by atoms with Crippen molar-refractivity contribution in [1.29, 1.82) is 0 Å². The largest absolute Gasteiger partial charge is 0.465 e. The Kier molecular flexibility index (Phi) is 4.99. The Hall–Kier alpha value is -3.93. The van der Waals surface area contributed by atoms with Crippen LogP contribution in [0, 0.1) is 6.92 Å². The molecule has 5 heterocycles. The van der Waals surface area contributed by atoms with Crippen LogP contribution < -0.4 is 5.32 Å². The van der Waals surface area contributed by atoms with E-state index in [2.05, 4.69) is 20.5 Å². The number of aryl methyl sites for hydroxylation is 1. The molecule has 35 heavy (non-hydrogen) atoms. The van der Waals surface area contributed by atoms with Crippen LogP contribution in [0.3, 0.4) is 0 Å². The van der Waals surface area contributed by atoms with Gasteiger partial charge in [-0.15, -0.1) is 16.4 Å². The topological polar surface area (TPSA) is 99.2 Å². The summed E-state index contributed by atoms with van der Waals surface area (Å²) in [5, 5.41) is 12.9. The van der Waals surface area contributed by atoms with Gasteiger partial charge in [0.05, 0.1) is 30.3 Å². The van der Waals surface area contributed by atoms with Crippen molar-refractivity contribution in [2.24, 2.45) is 0 Å². The van der Waals surface area contributed by atoms with Crippen molar-refractivity contribution < 1.29 is 18.3 Å². The minimum absolute atomic E-state index is 0.198. The molecule has 2 atom stereocenters. The van der Waals surface area contributed by atoms with Gasteiger partial charge < -0.3 is 10.1 Å². The summed E-state index contributed by atoms with van der Waals surface area (Å²) in [5.41, 5.74) is 2.63. The molecule has 0 amide bonds. The molecule has 0 fully saturated rings. The number of anilines is 1. The van der Waals surface area contributed by atoms with Gasteiger partial charge in [-0.2, -0.15) is 5.10 Å². The molecule has 0 saturated heterocycles. The van der Waals surface area contributed by atoms with Crippen LogP contribution in [0.1, 0.15) is 39.3 Å². The molecule has 0 radical (unpaired) electrons. The van der Waals surface area contributed by atoms with Gasteiger partial charge >= 0.3 is 5.97 Å². The second-order valence-electron chi connectivity index (χ2n) is 8.27. The summed E-state index contributed by atoms with van der Waals surface area (Å²) < 4.78 is 35.8. The lowest BCUT2D eigenvalue weighted by Gasteiger charge is -2.32.